The molecule has 0 amide bonds. The molecule has 1 aliphatic heterocycles. The SMILES string of the molecule is CC(CCN1CCN(C)CC1)CC1CCC(OC(C)C)CC1. The molecule has 3 nitrogen and oxygen atoms in total. The maximum Gasteiger partial charge on any atom is 0.0578 e. The minimum Gasteiger partial charge on any atom is -0.376 e. The van der Waals surface area contributed by atoms with Crippen LogP contribution in [0, 0.1) is 11.8 Å². The summed E-state index contributed by atoms with van der Waals surface area (Å²) >= 11 is 0. The number of nitrogens with zero attached hydrogens (tertiary/aromatic N) is 2. The summed E-state index contributed by atoms with van der Waals surface area (Å²) in [7, 11) is 2.24. The highest BCUT2D eigenvalue weighted by molar-refractivity contribution is 4.76. The lowest BCUT2D eigenvalue weighted by Crippen LogP contribution is -2.44. The van der Waals surface area contributed by atoms with E-state index in [1.54, 1.807) is 0 Å². The molecule has 1 saturated carbocycles. The van der Waals surface area contributed by atoms with Gasteiger partial charge in [0.15, 0.2) is 0 Å². The Labute approximate surface area is 138 Å². The standard InChI is InChI=1S/C19H38N2O/c1-16(2)22-19-7-5-18(6-8-19)15-17(3)9-10-21-13-11-20(4)12-14-21/h16-19H,5-15H2,1-4H3. The molecule has 0 radical (unpaired) electrons. The molecule has 1 heterocycles. The highest BCUT2D eigenvalue weighted by atomic mass is 16.5. The Morgan fingerprint density at radius 2 is 1.59 bits per heavy atom. The van der Waals surface area contributed by atoms with Crippen molar-refractivity contribution in [2.75, 3.05) is 39.8 Å². The first-order valence-corrected chi connectivity index (χ1v) is 9.59. The molecule has 2 fully saturated rings. The average molecular weight is 311 g/mol. The molecular formula is C19H38N2O. The van der Waals surface area contributed by atoms with E-state index in [0.717, 1.165) is 11.8 Å². The molecule has 3 heteroatoms. The van der Waals surface area contributed by atoms with Gasteiger partial charge in [-0.15, -0.1) is 0 Å². The van der Waals surface area contributed by atoms with Crippen LogP contribution in [0.1, 0.15) is 59.3 Å². The number of likely N-dealkylation sites (N-methyl/N-ethyl adjacent to an activating group) is 1. The minimum atomic E-state index is 0.393. The van der Waals surface area contributed by atoms with Gasteiger partial charge in [-0.2, -0.15) is 0 Å². The van der Waals surface area contributed by atoms with Crippen molar-refractivity contribution < 1.29 is 4.74 Å². The smallest absolute Gasteiger partial charge is 0.0578 e. The molecule has 2 aliphatic rings. The number of piperazine rings is 1. The molecule has 1 atom stereocenters. The molecule has 0 aromatic carbocycles. The summed E-state index contributed by atoms with van der Waals surface area (Å²) in [5.41, 5.74) is 0. The third-order valence-corrected chi connectivity index (χ3v) is 5.53. The minimum absolute atomic E-state index is 0.393. The van der Waals surface area contributed by atoms with Crippen LogP contribution < -0.4 is 0 Å². The Hall–Kier alpha value is -0.120. The van der Waals surface area contributed by atoms with Crippen molar-refractivity contribution in [1.29, 1.82) is 0 Å². The van der Waals surface area contributed by atoms with Gasteiger partial charge >= 0.3 is 0 Å². The summed E-state index contributed by atoms with van der Waals surface area (Å²) in [5.74, 6) is 1.83. The Morgan fingerprint density at radius 3 is 2.18 bits per heavy atom. The molecule has 0 bridgehead atoms. The second-order valence-corrected chi connectivity index (χ2v) is 8.10. The van der Waals surface area contributed by atoms with Crippen molar-refractivity contribution in [3.8, 4) is 0 Å². The normalized spacial score (nSPS) is 29.9. The van der Waals surface area contributed by atoms with E-state index in [2.05, 4.69) is 37.6 Å². The van der Waals surface area contributed by atoms with Crippen LogP contribution in [-0.2, 0) is 4.74 Å². The van der Waals surface area contributed by atoms with Crippen molar-refractivity contribution in [3.63, 3.8) is 0 Å². The zero-order valence-electron chi connectivity index (χ0n) is 15.4. The van der Waals surface area contributed by atoms with Gasteiger partial charge in [0.1, 0.15) is 0 Å². The topological polar surface area (TPSA) is 15.7 Å². The Morgan fingerprint density at radius 1 is 0.955 bits per heavy atom. The van der Waals surface area contributed by atoms with Gasteiger partial charge in [-0.3, -0.25) is 0 Å². The molecule has 1 unspecified atom stereocenters. The van der Waals surface area contributed by atoms with Gasteiger partial charge < -0.3 is 14.5 Å². The van der Waals surface area contributed by atoms with Gasteiger partial charge in [0.2, 0.25) is 0 Å². The molecule has 0 aromatic heterocycles. The molecule has 22 heavy (non-hydrogen) atoms. The molecule has 130 valence electrons. The first kappa shape index (κ1) is 18.2. The lowest BCUT2D eigenvalue weighted by molar-refractivity contribution is -0.0213. The molecule has 0 aromatic rings. The van der Waals surface area contributed by atoms with Crippen LogP contribution >= 0.6 is 0 Å². The van der Waals surface area contributed by atoms with Gasteiger partial charge in [0.05, 0.1) is 12.2 Å². The van der Waals surface area contributed by atoms with Crippen molar-refractivity contribution >= 4 is 0 Å². The van der Waals surface area contributed by atoms with E-state index in [-0.39, 0.29) is 0 Å². The van der Waals surface area contributed by atoms with Crippen LogP contribution in [0.15, 0.2) is 0 Å². The fourth-order valence-electron chi connectivity index (χ4n) is 4.05. The number of hydrogen-bond acceptors (Lipinski definition) is 3. The van der Waals surface area contributed by atoms with Crippen LogP contribution in [0.4, 0.5) is 0 Å². The monoisotopic (exact) mass is 310 g/mol. The van der Waals surface area contributed by atoms with Gasteiger partial charge in [-0.1, -0.05) is 6.92 Å². The average Bonchev–Trinajstić information content (AvgIpc) is 2.48. The summed E-state index contributed by atoms with van der Waals surface area (Å²) in [5, 5.41) is 0. The van der Waals surface area contributed by atoms with Crippen LogP contribution in [-0.4, -0.2) is 61.8 Å². The maximum atomic E-state index is 5.97. The zero-order chi connectivity index (χ0) is 15.9. The number of hydrogen-bond donors (Lipinski definition) is 0. The van der Waals surface area contributed by atoms with E-state index in [0.29, 0.717) is 12.2 Å². The molecule has 2 rings (SSSR count). The predicted octanol–water partition coefficient (Wildman–Crippen LogP) is 3.63. The molecule has 1 saturated heterocycles. The largest absolute Gasteiger partial charge is 0.376 e. The summed E-state index contributed by atoms with van der Waals surface area (Å²) in [4.78, 5) is 5.10. The Balaban J connectivity index is 1.57. The van der Waals surface area contributed by atoms with Crippen LogP contribution in [0.2, 0.25) is 0 Å². The fourth-order valence-corrected chi connectivity index (χ4v) is 4.05. The molecule has 1 aliphatic carbocycles. The predicted molar refractivity (Wildman–Crippen MR) is 94.3 cm³/mol. The summed E-state index contributed by atoms with van der Waals surface area (Å²) in [6.45, 7) is 13.1. The van der Waals surface area contributed by atoms with Crippen molar-refractivity contribution in [1.82, 2.24) is 9.80 Å². The van der Waals surface area contributed by atoms with Crippen LogP contribution in [0.25, 0.3) is 0 Å². The van der Waals surface area contributed by atoms with E-state index in [1.165, 1.54) is 71.2 Å². The molecule has 0 N–H and O–H groups in total. The van der Waals surface area contributed by atoms with Crippen molar-refractivity contribution in [2.45, 2.75) is 71.5 Å². The van der Waals surface area contributed by atoms with Crippen LogP contribution in [0.5, 0.6) is 0 Å². The van der Waals surface area contributed by atoms with Crippen molar-refractivity contribution in [3.05, 3.63) is 0 Å². The van der Waals surface area contributed by atoms with E-state index in [1.807, 2.05) is 0 Å². The second kappa shape index (κ2) is 9.24. The Kier molecular flexibility index (Phi) is 7.66. The second-order valence-electron chi connectivity index (χ2n) is 8.10. The first-order chi connectivity index (χ1) is 10.5. The first-order valence-electron chi connectivity index (χ1n) is 9.59. The maximum absolute atomic E-state index is 5.97. The van der Waals surface area contributed by atoms with Crippen molar-refractivity contribution in [2.24, 2.45) is 11.8 Å². The van der Waals surface area contributed by atoms with Gasteiger partial charge in [0.25, 0.3) is 0 Å². The lowest BCUT2D eigenvalue weighted by Gasteiger charge is -2.34. The van der Waals surface area contributed by atoms with Gasteiger partial charge in [-0.05, 0) is 77.8 Å². The molecule has 0 spiro atoms. The highest BCUT2D eigenvalue weighted by Crippen LogP contribution is 2.32. The number of ether oxygens (including phenoxy) is 1. The number of rotatable bonds is 7. The third-order valence-electron chi connectivity index (χ3n) is 5.53. The quantitative estimate of drug-likeness (QED) is 0.714. The van der Waals surface area contributed by atoms with Crippen LogP contribution in [0.3, 0.4) is 0 Å². The third kappa shape index (κ3) is 6.55. The van der Waals surface area contributed by atoms with E-state index >= 15 is 0 Å². The van der Waals surface area contributed by atoms with E-state index in [4.69, 9.17) is 4.74 Å². The summed E-state index contributed by atoms with van der Waals surface area (Å²) < 4.78 is 5.97. The summed E-state index contributed by atoms with van der Waals surface area (Å²) in [6.07, 6.45) is 9.09. The lowest BCUT2D eigenvalue weighted by atomic mass is 9.81. The fraction of sp³-hybridized carbons (Fsp3) is 1.00. The van der Waals surface area contributed by atoms with Gasteiger partial charge in [0, 0.05) is 26.2 Å². The Bertz CT molecular complexity index is 292. The van der Waals surface area contributed by atoms with E-state index in [9.17, 15) is 0 Å². The zero-order valence-corrected chi connectivity index (χ0v) is 15.4. The summed E-state index contributed by atoms with van der Waals surface area (Å²) in [6, 6.07) is 0. The van der Waals surface area contributed by atoms with E-state index < -0.39 is 0 Å². The highest BCUT2D eigenvalue weighted by Gasteiger charge is 2.24. The molecular weight excluding hydrogens is 272 g/mol. The van der Waals surface area contributed by atoms with Gasteiger partial charge in [-0.25, -0.2) is 0 Å².